The van der Waals surface area contributed by atoms with E-state index >= 15 is 0 Å². The largest absolute Gasteiger partial charge is 0.337 e. The van der Waals surface area contributed by atoms with Crippen molar-refractivity contribution in [3.8, 4) is 0 Å². The average Bonchev–Trinajstić information content (AvgIpc) is 2.36. The minimum atomic E-state index is -0.0823. The highest BCUT2D eigenvalue weighted by atomic mass is 79.9. The standard InChI is InChI=1S/C13H20BrN3O/c1-4-17(9-13(2,3)8-15)12(18)11-6-5-10(14)7-16-11/h5-7H,4,8-9,15H2,1-3H3. The first-order chi connectivity index (χ1) is 8.39. The van der Waals surface area contributed by atoms with Gasteiger partial charge in [-0.3, -0.25) is 4.79 Å². The van der Waals surface area contributed by atoms with E-state index in [0.717, 1.165) is 4.47 Å². The third-order valence-corrected chi connectivity index (χ3v) is 3.26. The number of nitrogens with zero attached hydrogens (tertiary/aromatic N) is 2. The van der Waals surface area contributed by atoms with Gasteiger partial charge < -0.3 is 10.6 Å². The zero-order valence-electron chi connectivity index (χ0n) is 11.1. The number of carbonyl (C=O) groups excluding carboxylic acids is 1. The summed E-state index contributed by atoms with van der Waals surface area (Å²) < 4.78 is 0.865. The number of carbonyl (C=O) groups is 1. The van der Waals surface area contributed by atoms with E-state index in [-0.39, 0.29) is 11.3 Å². The number of nitrogens with two attached hydrogens (primary N) is 1. The molecule has 0 radical (unpaired) electrons. The van der Waals surface area contributed by atoms with Crippen molar-refractivity contribution in [2.75, 3.05) is 19.6 Å². The van der Waals surface area contributed by atoms with E-state index in [1.54, 1.807) is 17.2 Å². The number of pyridine rings is 1. The molecule has 0 aliphatic rings. The van der Waals surface area contributed by atoms with Crippen molar-refractivity contribution in [2.24, 2.45) is 11.1 Å². The van der Waals surface area contributed by atoms with Gasteiger partial charge in [0, 0.05) is 23.8 Å². The average molecular weight is 314 g/mol. The molecule has 0 aromatic carbocycles. The number of halogens is 1. The van der Waals surface area contributed by atoms with E-state index in [1.165, 1.54) is 0 Å². The molecule has 0 spiro atoms. The summed E-state index contributed by atoms with van der Waals surface area (Å²) in [6.07, 6.45) is 1.63. The molecule has 1 aromatic heterocycles. The van der Waals surface area contributed by atoms with E-state index in [0.29, 0.717) is 25.3 Å². The highest BCUT2D eigenvalue weighted by Gasteiger charge is 2.24. The lowest BCUT2D eigenvalue weighted by Gasteiger charge is -2.30. The summed E-state index contributed by atoms with van der Waals surface area (Å²) in [6, 6.07) is 3.55. The van der Waals surface area contributed by atoms with Crippen LogP contribution in [-0.4, -0.2) is 35.4 Å². The minimum absolute atomic E-state index is 0.0495. The fourth-order valence-corrected chi connectivity index (χ4v) is 1.81. The number of hydrogen-bond acceptors (Lipinski definition) is 3. The number of amides is 1. The van der Waals surface area contributed by atoms with Gasteiger partial charge in [0.1, 0.15) is 5.69 Å². The number of rotatable bonds is 5. The van der Waals surface area contributed by atoms with Gasteiger partial charge in [-0.1, -0.05) is 13.8 Å². The van der Waals surface area contributed by atoms with Crippen LogP contribution in [0.1, 0.15) is 31.3 Å². The molecule has 1 amide bonds. The van der Waals surface area contributed by atoms with Crippen LogP contribution in [0.4, 0.5) is 0 Å². The lowest BCUT2D eigenvalue weighted by atomic mass is 9.93. The second kappa shape index (κ2) is 6.29. The minimum Gasteiger partial charge on any atom is -0.337 e. The van der Waals surface area contributed by atoms with Gasteiger partial charge in [0.15, 0.2) is 0 Å². The summed E-state index contributed by atoms with van der Waals surface area (Å²) in [5.41, 5.74) is 6.09. The maximum atomic E-state index is 12.3. The van der Waals surface area contributed by atoms with E-state index < -0.39 is 0 Å². The van der Waals surface area contributed by atoms with Gasteiger partial charge in [0.2, 0.25) is 0 Å². The van der Waals surface area contributed by atoms with Gasteiger partial charge in [0.05, 0.1) is 0 Å². The molecule has 100 valence electrons. The lowest BCUT2D eigenvalue weighted by molar-refractivity contribution is 0.0695. The van der Waals surface area contributed by atoms with Crippen LogP contribution in [0.3, 0.4) is 0 Å². The van der Waals surface area contributed by atoms with Crippen molar-refractivity contribution >= 4 is 21.8 Å². The Balaban J connectivity index is 2.82. The summed E-state index contributed by atoms with van der Waals surface area (Å²) in [4.78, 5) is 18.2. The first-order valence-electron chi connectivity index (χ1n) is 6.00. The highest BCUT2D eigenvalue weighted by molar-refractivity contribution is 9.10. The van der Waals surface area contributed by atoms with Crippen LogP contribution >= 0.6 is 15.9 Å². The maximum absolute atomic E-state index is 12.3. The fourth-order valence-electron chi connectivity index (χ4n) is 1.57. The topological polar surface area (TPSA) is 59.2 Å². The third-order valence-electron chi connectivity index (χ3n) is 2.79. The third kappa shape index (κ3) is 4.07. The summed E-state index contributed by atoms with van der Waals surface area (Å²) in [5.74, 6) is -0.0495. The summed E-state index contributed by atoms with van der Waals surface area (Å²) in [6.45, 7) is 7.90. The van der Waals surface area contributed by atoms with Gasteiger partial charge >= 0.3 is 0 Å². The molecule has 0 atom stereocenters. The van der Waals surface area contributed by atoms with Gasteiger partial charge in [-0.2, -0.15) is 0 Å². The molecular formula is C13H20BrN3O. The lowest BCUT2D eigenvalue weighted by Crippen LogP contribution is -2.42. The molecule has 0 saturated heterocycles. The Kier molecular flexibility index (Phi) is 5.28. The zero-order chi connectivity index (χ0) is 13.8. The monoisotopic (exact) mass is 313 g/mol. The summed E-state index contributed by atoms with van der Waals surface area (Å²) >= 11 is 3.30. The van der Waals surface area contributed by atoms with Crippen LogP contribution in [0.15, 0.2) is 22.8 Å². The molecule has 0 aliphatic heterocycles. The van der Waals surface area contributed by atoms with Gasteiger partial charge in [-0.05, 0) is 46.9 Å². The quantitative estimate of drug-likeness (QED) is 0.907. The summed E-state index contributed by atoms with van der Waals surface area (Å²) in [5, 5.41) is 0. The van der Waals surface area contributed by atoms with Crippen LogP contribution in [0, 0.1) is 5.41 Å². The molecular weight excluding hydrogens is 294 g/mol. The summed E-state index contributed by atoms with van der Waals surface area (Å²) in [7, 11) is 0. The van der Waals surface area contributed by atoms with Gasteiger partial charge in [-0.15, -0.1) is 0 Å². The normalized spacial score (nSPS) is 11.4. The fraction of sp³-hybridized carbons (Fsp3) is 0.538. The van der Waals surface area contributed by atoms with E-state index in [2.05, 4.69) is 34.8 Å². The van der Waals surface area contributed by atoms with Crippen molar-refractivity contribution in [1.29, 1.82) is 0 Å². The van der Waals surface area contributed by atoms with Crippen LogP contribution < -0.4 is 5.73 Å². The first kappa shape index (κ1) is 15.1. The van der Waals surface area contributed by atoms with Crippen molar-refractivity contribution in [2.45, 2.75) is 20.8 Å². The molecule has 5 heteroatoms. The van der Waals surface area contributed by atoms with E-state index in [9.17, 15) is 4.79 Å². The molecule has 1 aromatic rings. The van der Waals surface area contributed by atoms with Gasteiger partial charge in [0.25, 0.3) is 5.91 Å². The Morgan fingerprint density at radius 1 is 1.50 bits per heavy atom. The predicted molar refractivity (Wildman–Crippen MR) is 76.3 cm³/mol. The van der Waals surface area contributed by atoms with Crippen molar-refractivity contribution < 1.29 is 4.79 Å². The van der Waals surface area contributed by atoms with Crippen molar-refractivity contribution in [1.82, 2.24) is 9.88 Å². The Morgan fingerprint density at radius 3 is 2.61 bits per heavy atom. The molecule has 0 aliphatic carbocycles. The smallest absolute Gasteiger partial charge is 0.272 e. The molecule has 4 nitrogen and oxygen atoms in total. The van der Waals surface area contributed by atoms with Crippen LogP contribution in [0.2, 0.25) is 0 Å². The highest BCUT2D eigenvalue weighted by Crippen LogP contribution is 2.17. The SMILES string of the molecule is CCN(CC(C)(C)CN)C(=O)c1ccc(Br)cn1. The number of hydrogen-bond donors (Lipinski definition) is 1. The Labute approximate surface area is 117 Å². The Bertz CT molecular complexity index is 403. The van der Waals surface area contributed by atoms with Crippen LogP contribution in [0.5, 0.6) is 0 Å². The molecule has 0 fully saturated rings. The Hall–Kier alpha value is -0.940. The van der Waals surface area contributed by atoms with Crippen molar-refractivity contribution in [3.05, 3.63) is 28.5 Å². The van der Waals surface area contributed by atoms with Crippen LogP contribution in [0.25, 0.3) is 0 Å². The molecule has 2 N–H and O–H groups in total. The maximum Gasteiger partial charge on any atom is 0.272 e. The zero-order valence-corrected chi connectivity index (χ0v) is 12.7. The molecule has 0 unspecified atom stereocenters. The molecule has 0 bridgehead atoms. The van der Waals surface area contributed by atoms with Gasteiger partial charge in [-0.25, -0.2) is 4.98 Å². The molecule has 18 heavy (non-hydrogen) atoms. The molecule has 1 heterocycles. The number of aromatic nitrogens is 1. The second-order valence-electron chi connectivity index (χ2n) is 5.05. The molecule has 1 rings (SSSR count). The van der Waals surface area contributed by atoms with E-state index in [4.69, 9.17) is 5.73 Å². The van der Waals surface area contributed by atoms with Crippen LogP contribution in [-0.2, 0) is 0 Å². The van der Waals surface area contributed by atoms with E-state index in [1.807, 2.05) is 13.0 Å². The van der Waals surface area contributed by atoms with Crippen molar-refractivity contribution in [3.63, 3.8) is 0 Å². The second-order valence-corrected chi connectivity index (χ2v) is 5.96. The molecule has 0 saturated carbocycles. The Morgan fingerprint density at radius 2 is 2.17 bits per heavy atom. The first-order valence-corrected chi connectivity index (χ1v) is 6.80. The predicted octanol–water partition coefficient (Wildman–Crippen LogP) is 2.29.